The van der Waals surface area contributed by atoms with Gasteiger partial charge in [0.1, 0.15) is 24.3 Å². The molecule has 172 valence electrons. The van der Waals surface area contributed by atoms with Gasteiger partial charge in [-0.25, -0.2) is 14.4 Å². The van der Waals surface area contributed by atoms with Crippen LogP contribution in [0, 0.1) is 0 Å². The van der Waals surface area contributed by atoms with Gasteiger partial charge < -0.3 is 24.8 Å². The number of carbonyl (C=O) groups excluding carboxylic acids is 4. The molecule has 0 aliphatic rings. The summed E-state index contributed by atoms with van der Waals surface area (Å²) in [7, 11) is 0. The maximum atomic E-state index is 12.6. The van der Waals surface area contributed by atoms with Gasteiger partial charge in [-0.15, -0.1) is 0 Å². The number of esters is 2. The van der Waals surface area contributed by atoms with E-state index in [1.165, 1.54) is 0 Å². The summed E-state index contributed by atoms with van der Waals surface area (Å²) in [5, 5.41) is 4.80. The number of benzene rings is 1. The molecular formula is C21H30N2O7S. The number of nitrogens with one attached hydrogen (secondary N) is 2. The fraction of sp³-hybridized carbons (Fsp3) is 0.524. The molecule has 1 aromatic rings. The quantitative estimate of drug-likeness (QED) is 0.281. The summed E-state index contributed by atoms with van der Waals surface area (Å²) in [5.74, 6) is -2.12. The lowest BCUT2D eigenvalue weighted by Gasteiger charge is -2.23. The van der Waals surface area contributed by atoms with E-state index in [2.05, 4.69) is 23.3 Å². The monoisotopic (exact) mass is 454 g/mol. The first-order chi connectivity index (χ1) is 14.6. The third-order valence-corrected chi connectivity index (χ3v) is 4.04. The summed E-state index contributed by atoms with van der Waals surface area (Å²) >= 11 is 4.03. The first-order valence-electron chi connectivity index (χ1n) is 9.82. The Hall–Kier alpha value is -2.75. The summed E-state index contributed by atoms with van der Waals surface area (Å²) in [6.07, 6.45) is -1.34. The molecule has 1 aromatic carbocycles. The van der Waals surface area contributed by atoms with Gasteiger partial charge in [-0.1, -0.05) is 30.3 Å². The summed E-state index contributed by atoms with van der Waals surface area (Å²) in [6.45, 7) is 6.75. The van der Waals surface area contributed by atoms with Crippen molar-refractivity contribution in [1.82, 2.24) is 10.6 Å². The normalized spacial score (nSPS) is 12.8. The zero-order valence-electron chi connectivity index (χ0n) is 18.2. The van der Waals surface area contributed by atoms with Crippen LogP contribution in [-0.2, 0) is 35.2 Å². The zero-order valence-corrected chi connectivity index (χ0v) is 19.1. The number of thiol groups is 1. The molecule has 0 heterocycles. The van der Waals surface area contributed by atoms with E-state index in [1.54, 1.807) is 52.0 Å². The second-order valence-electron chi connectivity index (χ2n) is 7.55. The predicted octanol–water partition coefficient (Wildman–Crippen LogP) is 1.99. The fourth-order valence-corrected chi connectivity index (χ4v) is 2.57. The molecule has 9 nitrogen and oxygen atoms in total. The second-order valence-corrected chi connectivity index (χ2v) is 7.92. The number of rotatable bonds is 10. The molecule has 0 fully saturated rings. The van der Waals surface area contributed by atoms with Crippen molar-refractivity contribution in [3.8, 4) is 0 Å². The van der Waals surface area contributed by atoms with E-state index in [1.807, 2.05) is 6.07 Å². The van der Waals surface area contributed by atoms with Gasteiger partial charge in [-0.3, -0.25) is 4.79 Å². The third-order valence-electron chi connectivity index (χ3n) is 3.68. The van der Waals surface area contributed by atoms with Gasteiger partial charge in [0.25, 0.3) is 0 Å². The topological polar surface area (TPSA) is 120 Å². The summed E-state index contributed by atoms with van der Waals surface area (Å²) in [5.41, 5.74) is -0.0555. The lowest BCUT2D eigenvalue weighted by Crippen LogP contribution is -2.49. The Morgan fingerprint density at radius 2 is 1.58 bits per heavy atom. The molecule has 0 bridgehead atoms. The van der Waals surface area contributed by atoms with Crippen LogP contribution in [0.3, 0.4) is 0 Å². The van der Waals surface area contributed by atoms with Crippen molar-refractivity contribution in [1.29, 1.82) is 0 Å². The smallest absolute Gasteiger partial charge is 0.408 e. The Labute approximate surface area is 187 Å². The predicted molar refractivity (Wildman–Crippen MR) is 116 cm³/mol. The van der Waals surface area contributed by atoms with Crippen molar-refractivity contribution >= 4 is 36.6 Å². The fourth-order valence-electron chi connectivity index (χ4n) is 2.33. The Morgan fingerprint density at radius 3 is 2.13 bits per heavy atom. The van der Waals surface area contributed by atoms with E-state index in [4.69, 9.17) is 14.2 Å². The number of amides is 2. The van der Waals surface area contributed by atoms with Gasteiger partial charge in [0.05, 0.1) is 13.0 Å². The molecule has 31 heavy (non-hydrogen) atoms. The Kier molecular flexibility index (Phi) is 10.9. The Balaban J connectivity index is 2.82. The zero-order chi connectivity index (χ0) is 23.4. The van der Waals surface area contributed by atoms with Crippen LogP contribution in [-0.4, -0.2) is 54.0 Å². The molecular weight excluding hydrogens is 424 g/mol. The van der Waals surface area contributed by atoms with Crippen molar-refractivity contribution in [2.24, 2.45) is 0 Å². The lowest BCUT2D eigenvalue weighted by atomic mass is 10.1. The molecule has 2 amide bonds. The highest BCUT2D eigenvalue weighted by Gasteiger charge is 2.29. The number of ether oxygens (including phenoxy) is 3. The van der Waals surface area contributed by atoms with Crippen molar-refractivity contribution in [3.05, 3.63) is 35.9 Å². The van der Waals surface area contributed by atoms with Gasteiger partial charge >= 0.3 is 18.0 Å². The minimum atomic E-state index is -1.32. The van der Waals surface area contributed by atoms with Crippen molar-refractivity contribution < 1.29 is 33.4 Å². The van der Waals surface area contributed by atoms with Gasteiger partial charge in [-0.2, -0.15) is 12.6 Å². The molecule has 2 atom stereocenters. The van der Waals surface area contributed by atoms with Crippen LogP contribution in [0.1, 0.15) is 39.7 Å². The number of hydrogen-bond acceptors (Lipinski definition) is 8. The summed E-state index contributed by atoms with van der Waals surface area (Å²) in [4.78, 5) is 49.0. The van der Waals surface area contributed by atoms with E-state index < -0.39 is 48.0 Å². The minimum Gasteiger partial charge on any atom is -0.464 e. The molecule has 0 spiro atoms. The van der Waals surface area contributed by atoms with E-state index >= 15 is 0 Å². The van der Waals surface area contributed by atoms with Crippen LogP contribution in [0.2, 0.25) is 0 Å². The number of hydrogen-bond donors (Lipinski definition) is 3. The molecule has 2 N–H and O–H groups in total. The van der Waals surface area contributed by atoms with Crippen LogP contribution in [0.25, 0.3) is 0 Å². The number of alkyl carbamates (subject to hydrolysis) is 1. The molecule has 0 saturated heterocycles. The summed E-state index contributed by atoms with van der Waals surface area (Å²) < 4.78 is 15.3. The standard InChI is InChI=1S/C21H30N2O7S/c1-5-28-19(26)16(13-31)22-17(24)11-15(23-20(27)30-21(2,3)4)18(25)29-12-14-9-7-6-8-10-14/h6-10,15-16,31H,5,11-13H2,1-4H3,(H,22,24)(H,23,27). The highest BCUT2D eigenvalue weighted by molar-refractivity contribution is 7.80. The average molecular weight is 455 g/mol. The van der Waals surface area contributed by atoms with Crippen LogP contribution >= 0.6 is 12.6 Å². The molecule has 0 saturated carbocycles. The molecule has 0 radical (unpaired) electrons. The van der Waals surface area contributed by atoms with Crippen LogP contribution in [0.4, 0.5) is 4.79 Å². The van der Waals surface area contributed by atoms with E-state index in [9.17, 15) is 19.2 Å². The maximum absolute atomic E-state index is 12.6. The van der Waals surface area contributed by atoms with Gasteiger partial charge in [0, 0.05) is 5.75 Å². The minimum absolute atomic E-state index is 0.00713. The Morgan fingerprint density at radius 1 is 0.968 bits per heavy atom. The van der Waals surface area contributed by atoms with Gasteiger partial charge in [0.2, 0.25) is 5.91 Å². The Bertz CT molecular complexity index is 750. The van der Waals surface area contributed by atoms with Gasteiger partial charge in [-0.05, 0) is 33.3 Å². The largest absolute Gasteiger partial charge is 0.464 e. The van der Waals surface area contributed by atoms with Crippen molar-refractivity contribution in [2.75, 3.05) is 12.4 Å². The first kappa shape index (κ1) is 26.3. The highest BCUT2D eigenvalue weighted by atomic mass is 32.1. The van der Waals surface area contributed by atoms with E-state index in [-0.39, 0.29) is 19.0 Å². The second kappa shape index (κ2) is 12.8. The molecule has 0 aliphatic heterocycles. The van der Waals surface area contributed by atoms with Crippen molar-refractivity contribution in [3.63, 3.8) is 0 Å². The SMILES string of the molecule is CCOC(=O)C(CS)NC(=O)CC(NC(=O)OC(C)(C)C)C(=O)OCc1ccccc1. The first-order valence-corrected chi connectivity index (χ1v) is 10.5. The third kappa shape index (κ3) is 10.7. The van der Waals surface area contributed by atoms with Gasteiger partial charge in [0.15, 0.2) is 0 Å². The van der Waals surface area contributed by atoms with Crippen LogP contribution in [0.5, 0.6) is 0 Å². The lowest BCUT2D eigenvalue weighted by molar-refractivity contribution is -0.149. The molecule has 0 aliphatic carbocycles. The van der Waals surface area contributed by atoms with Crippen LogP contribution < -0.4 is 10.6 Å². The maximum Gasteiger partial charge on any atom is 0.408 e. The molecule has 0 aromatic heterocycles. The molecule has 1 rings (SSSR count). The molecule has 2 unspecified atom stereocenters. The van der Waals surface area contributed by atoms with E-state index in [0.29, 0.717) is 0 Å². The van der Waals surface area contributed by atoms with Crippen LogP contribution in [0.15, 0.2) is 30.3 Å². The van der Waals surface area contributed by atoms with E-state index in [0.717, 1.165) is 5.56 Å². The summed E-state index contributed by atoms with van der Waals surface area (Å²) in [6, 6.07) is 6.64. The number of carbonyl (C=O) groups is 4. The highest BCUT2D eigenvalue weighted by Crippen LogP contribution is 2.09. The van der Waals surface area contributed by atoms with Crippen molar-refractivity contribution in [2.45, 2.75) is 58.4 Å². The molecule has 10 heteroatoms. The average Bonchev–Trinajstić information content (AvgIpc) is 2.69.